The van der Waals surface area contributed by atoms with Crippen molar-refractivity contribution in [2.24, 2.45) is 0 Å². The molecule has 0 spiro atoms. The number of hydrogen-bond donors (Lipinski definition) is 0. The fourth-order valence-electron chi connectivity index (χ4n) is 1.14. The average molecular weight is 334 g/mol. The van der Waals surface area contributed by atoms with Crippen LogP contribution in [0.3, 0.4) is 0 Å². The summed E-state index contributed by atoms with van der Waals surface area (Å²) in [6, 6.07) is 3.08. The fourth-order valence-corrected chi connectivity index (χ4v) is 1.76. The number of alkyl halides is 4. The van der Waals surface area contributed by atoms with E-state index in [1.165, 1.54) is 13.2 Å². The Morgan fingerprint density at radius 1 is 1.35 bits per heavy atom. The van der Waals surface area contributed by atoms with Crippen LogP contribution in [0.5, 0.6) is 11.5 Å². The SMILES string of the molecule is COc1cc(CBr)cc(Cl)c1OCC(F)(F)F. The maximum absolute atomic E-state index is 12.0. The lowest BCUT2D eigenvalue weighted by Gasteiger charge is -2.14. The summed E-state index contributed by atoms with van der Waals surface area (Å²) in [4.78, 5) is 0. The Hall–Kier alpha value is -0.620. The quantitative estimate of drug-likeness (QED) is 0.770. The van der Waals surface area contributed by atoms with E-state index in [1.807, 2.05) is 0 Å². The second-order valence-electron chi connectivity index (χ2n) is 3.15. The summed E-state index contributed by atoms with van der Waals surface area (Å²) >= 11 is 9.04. The first-order valence-electron chi connectivity index (χ1n) is 4.49. The maximum Gasteiger partial charge on any atom is 0.422 e. The number of rotatable bonds is 4. The topological polar surface area (TPSA) is 18.5 Å². The molecule has 0 radical (unpaired) electrons. The highest BCUT2D eigenvalue weighted by Crippen LogP contribution is 2.37. The zero-order valence-electron chi connectivity index (χ0n) is 8.78. The van der Waals surface area contributed by atoms with Gasteiger partial charge in [0.15, 0.2) is 18.1 Å². The van der Waals surface area contributed by atoms with Crippen molar-refractivity contribution in [1.82, 2.24) is 0 Å². The molecule has 1 aromatic carbocycles. The van der Waals surface area contributed by atoms with Gasteiger partial charge in [-0.05, 0) is 17.7 Å². The molecule has 0 aliphatic rings. The van der Waals surface area contributed by atoms with Gasteiger partial charge in [-0.25, -0.2) is 0 Å². The molecule has 0 fully saturated rings. The highest BCUT2D eigenvalue weighted by atomic mass is 79.9. The molecule has 0 N–H and O–H groups in total. The van der Waals surface area contributed by atoms with Crippen LogP contribution in [0.2, 0.25) is 5.02 Å². The maximum atomic E-state index is 12.0. The number of halogens is 5. The van der Waals surface area contributed by atoms with Crippen LogP contribution in [0.25, 0.3) is 0 Å². The minimum atomic E-state index is -4.41. The molecule has 0 saturated carbocycles. The molecule has 7 heteroatoms. The van der Waals surface area contributed by atoms with Crippen molar-refractivity contribution in [3.63, 3.8) is 0 Å². The van der Waals surface area contributed by atoms with Gasteiger partial charge < -0.3 is 9.47 Å². The Bertz CT molecular complexity index is 396. The molecular weight excluding hydrogens is 324 g/mol. The van der Waals surface area contributed by atoms with Crippen LogP contribution in [-0.2, 0) is 5.33 Å². The number of methoxy groups -OCH3 is 1. The Balaban J connectivity index is 2.98. The van der Waals surface area contributed by atoms with E-state index in [0.717, 1.165) is 5.56 Å². The van der Waals surface area contributed by atoms with Crippen LogP contribution in [0, 0.1) is 0 Å². The second-order valence-corrected chi connectivity index (χ2v) is 4.11. The van der Waals surface area contributed by atoms with Gasteiger partial charge in [0, 0.05) is 5.33 Å². The van der Waals surface area contributed by atoms with Crippen LogP contribution >= 0.6 is 27.5 Å². The van der Waals surface area contributed by atoms with Gasteiger partial charge in [-0.2, -0.15) is 13.2 Å². The van der Waals surface area contributed by atoms with E-state index in [1.54, 1.807) is 6.07 Å². The summed E-state index contributed by atoms with van der Waals surface area (Å²) in [6.45, 7) is -1.41. The lowest BCUT2D eigenvalue weighted by atomic mass is 10.2. The molecule has 0 unspecified atom stereocenters. The summed E-state index contributed by atoms with van der Waals surface area (Å²) in [5, 5.41) is 0.603. The molecule has 1 rings (SSSR count). The molecular formula is C10H9BrClF3O2. The Labute approximate surface area is 110 Å². The van der Waals surface area contributed by atoms with Gasteiger partial charge in [-0.15, -0.1) is 0 Å². The molecule has 2 nitrogen and oxygen atoms in total. The molecule has 0 aromatic heterocycles. The van der Waals surface area contributed by atoms with Crippen molar-refractivity contribution in [1.29, 1.82) is 0 Å². The molecule has 0 aliphatic heterocycles. The van der Waals surface area contributed by atoms with Crippen molar-refractivity contribution in [3.8, 4) is 11.5 Å². The lowest BCUT2D eigenvalue weighted by Crippen LogP contribution is -2.19. The minimum Gasteiger partial charge on any atom is -0.493 e. The molecule has 1 aromatic rings. The fraction of sp³-hybridized carbons (Fsp3) is 0.400. The van der Waals surface area contributed by atoms with Gasteiger partial charge in [-0.1, -0.05) is 27.5 Å². The van der Waals surface area contributed by atoms with E-state index in [2.05, 4.69) is 20.7 Å². The average Bonchev–Trinajstić information content (AvgIpc) is 2.25. The van der Waals surface area contributed by atoms with E-state index in [0.29, 0.717) is 5.33 Å². The summed E-state index contributed by atoms with van der Waals surface area (Å²) in [5.41, 5.74) is 0.784. The number of hydrogen-bond acceptors (Lipinski definition) is 2. The largest absolute Gasteiger partial charge is 0.493 e. The van der Waals surface area contributed by atoms with Crippen molar-refractivity contribution in [2.45, 2.75) is 11.5 Å². The van der Waals surface area contributed by atoms with Gasteiger partial charge >= 0.3 is 6.18 Å². The Morgan fingerprint density at radius 3 is 2.47 bits per heavy atom. The number of benzene rings is 1. The van der Waals surface area contributed by atoms with Crippen molar-refractivity contribution in [3.05, 3.63) is 22.7 Å². The van der Waals surface area contributed by atoms with E-state index < -0.39 is 12.8 Å². The molecule has 96 valence electrons. The van der Waals surface area contributed by atoms with Gasteiger partial charge in [0.25, 0.3) is 0 Å². The smallest absolute Gasteiger partial charge is 0.422 e. The van der Waals surface area contributed by atoms with Crippen molar-refractivity contribution >= 4 is 27.5 Å². The summed E-state index contributed by atoms with van der Waals surface area (Å²) < 4.78 is 45.7. The first-order chi connectivity index (χ1) is 7.87. The highest BCUT2D eigenvalue weighted by molar-refractivity contribution is 9.08. The van der Waals surface area contributed by atoms with Crippen molar-refractivity contribution < 1.29 is 22.6 Å². The number of ether oxygens (including phenoxy) is 2. The van der Waals surface area contributed by atoms with E-state index in [-0.39, 0.29) is 16.5 Å². The normalized spacial score (nSPS) is 11.4. The highest BCUT2D eigenvalue weighted by Gasteiger charge is 2.29. The van der Waals surface area contributed by atoms with Gasteiger partial charge in [-0.3, -0.25) is 0 Å². The standard InChI is InChI=1S/C10H9BrClF3O2/c1-16-8-3-6(4-11)2-7(12)9(8)17-5-10(13,14)15/h2-3H,4-5H2,1H3. The zero-order valence-corrected chi connectivity index (χ0v) is 11.1. The predicted molar refractivity (Wildman–Crippen MR) is 62.2 cm³/mol. The molecule has 0 atom stereocenters. The summed E-state index contributed by atoms with van der Waals surface area (Å²) in [5.74, 6) is 0.0763. The minimum absolute atomic E-state index is 0.0862. The zero-order chi connectivity index (χ0) is 13.1. The summed E-state index contributed by atoms with van der Waals surface area (Å²) in [7, 11) is 1.34. The molecule has 0 aliphatic carbocycles. The third-order valence-electron chi connectivity index (χ3n) is 1.82. The predicted octanol–water partition coefficient (Wildman–Crippen LogP) is 4.18. The summed E-state index contributed by atoms with van der Waals surface area (Å²) in [6.07, 6.45) is -4.41. The Morgan fingerprint density at radius 2 is 2.00 bits per heavy atom. The van der Waals surface area contributed by atoms with Crippen LogP contribution in [0.4, 0.5) is 13.2 Å². The van der Waals surface area contributed by atoms with Gasteiger partial charge in [0.05, 0.1) is 12.1 Å². The van der Waals surface area contributed by atoms with E-state index in [4.69, 9.17) is 16.3 Å². The van der Waals surface area contributed by atoms with Gasteiger partial charge in [0.1, 0.15) is 0 Å². The molecule has 0 heterocycles. The molecule has 0 saturated heterocycles. The molecule has 0 amide bonds. The monoisotopic (exact) mass is 332 g/mol. The van der Waals surface area contributed by atoms with Gasteiger partial charge in [0.2, 0.25) is 0 Å². The van der Waals surface area contributed by atoms with E-state index in [9.17, 15) is 13.2 Å². The third kappa shape index (κ3) is 4.27. The molecule has 17 heavy (non-hydrogen) atoms. The Kier molecular flexibility index (Phi) is 4.94. The van der Waals surface area contributed by atoms with Crippen LogP contribution in [0.15, 0.2) is 12.1 Å². The van der Waals surface area contributed by atoms with Crippen molar-refractivity contribution in [2.75, 3.05) is 13.7 Å². The van der Waals surface area contributed by atoms with Crippen LogP contribution in [0.1, 0.15) is 5.56 Å². The first kappa shape index (κ1) is 14.4. The van der Waals surface area contributed by atoms with Crippen LogP contribution < -0.4 is 9.47 Å². The molecule has 0 bridgehead atoms. The second kappa shape index (κ2) is 5.82. The third-order valence-corrected chi connectivity index (χ3v) is 2.75. The van der Waals surface area contributed by atoms with E-state index >= 15 is 0 Å². The first-order valence-corrected chi connectivity index (χ1v) is 5.99. The lowest BCUT2D eigenvalue weighted by molar-refractivity contribution is -0.153. The van der Waals surface area contributed by atoms with Crippen LogP contribution in [-0.4, -0.2) is 19.9 Å².